The number of anilines is 1. The number of urea groups is 1. The Hall–Kier alpha value is -2.68. The Morgan fingerprint density at radius 3 is 2.60 bits per heavy atom. The molecular formula is C11H13N3O6. The third-order valence-corrected chi connectivity index (χ3v) is 2.39. The fourth-order valence-electron chi connectivity index (χ4n) is 1.39. The average Bonchev–Trinajstić information content (AvgIpc) is 2.35. The van der Waals surface area contributed by atoms with Gasteiger partial charge in [0.2, 0.25) is 0 Å². The van der Waals surface area contributed by atoms with Crippen LogP contribution >= 0.6 is 0 Å². The molecule has 0 aliphatic carbocycles. The van der Waals surface area contributed by atoms with Gasteiger partial charge in [0.05, 0.1) is 11.5 Å². The molecule has 0 spiro atoms. The maximum absolute atomic E-state index is 11.4. The summed E-state index contributed by atoms with van der Waals surface area (Å²) in [6.07, 6.45) is -1.70. The van der Waals surface area contributed by atoms with Crippen LogP contribution in [-0.4, -0.2) is 39.8 Å². The van der Waals surface area contributed by atoms with Crippen LogP contribution in [0.25, 0.3) is 0 Å². The standard InChI is InChI=1S/C11H13N3O6/c1-6-4-7(2-3-8(6)14(19)20)13-11(18)12-5-9(15)10(16)17/h2-4,9,15H,5H2,1H3,(H,16,17)(H2,12,13,18)/t9-/m0/s1. The summed E-state index contributed by atoms with van der Waals surface area (Å²) in [6.45, 7) is 1.07. The van der Waals surface area contributed by atoms with Crippen molar-refractivity contribution in [2.75, 3.05) is 11.9 Å². The topological polar surface area (TPSA) is 142 Å². The quantitative estimate of drug-likeness (QED) is 0.457. The van der Waals surface area contributed by atoms with Crippen LogP contribution in [0.3, 0.4) is 0 Å². The smallest absolute Gasteiger partial charge is 0.334 e. The lowest BCUT2D eigenvalue weighted by molar-refractivity contribution is -0.385. The summed E-state index contributed by atoms with van der Waals surface area (Å²) < 4.78 is 0. The van der Waals surface area contributed by atoms with Gasteiger partial charge >= 0.3 is 12.0 Å². The maximum Gasteiger partial charge on any atom is 0.334 e. The first-order valence-electron chi connectivity index (χ1n) is 5.52. The summed E-state index contributed by atoms with van der Waals surface area (Å²) in [5.74, 6) is -1.45. The normalized spacial score (nSPS) is 11.5. The molecule has 20 heavy (non-hydrogen) atoms. The molecule has 0 aliphatic heterocycles. The molecule has 0 saturated heterocycles. The second-order valence-electron chi connectivity index (χ2n) is 3.95. The van der Waals surface area contributed by atoms with Gasteiger partial charge in [0.1, 0.15) is 0 Å². The number of nitrogens with one attached hydrogen (secondary N) is 2. The lowest BCUT2D eigenvalue weighted by Crippen LogP contribution is -2.38. The highest BCUT2D eigenvalue weighted by atomic mass is 16.6. The highest BCUT2D eigenvalue weighted by Crippen LogP contribution is 2.21. The largest absolute Gasteiger partial charge is 0.479 e. The molecule has 2 amide bonds. The molecule has 0 bridgehead atoms. The van der Waals surface area contributed by atoms with Gasteiger partial charge in [0.15, 0.2) is 6.10 Å². The number of nitro benzene ring substituents is 1. The van der Waals surface area contributed by atoms with E-state index >= 15 is 0 Å². The van der Waals surface area contributed by atoms with Crippen molar-refractivity contribution in [3.63, 3.8) is 0 Å². The Labute approximate surface area is 113 Å². The third-order valence-electron chi connectivity index (χ3n) is 2.39. The summed E-state index contributed by atoms with van der Waals surface area (Å²) in [5.41, 5.74) is 0.617. The molecule has 0 saturated carbocycles. The van der Waals surface area contributed by atoms with E-state index in [4.69, 9.17) is 10.2 Å². The predicted molar refractivity (Wildman–Crippen MR) is 68.5 cm³/mol. The number of nitrogens with zero attached hydrogens (tertiary/aromatic N) is 1. The van der Waals surface area contributed by atoms with E-state index in [1.54, 1.807) is 0 Å². The molecule has 0 heterocycles. The minimum atomic E-state index is -1.70. The number of aryl methyl sites for hydroxylation is 1. The number of nitro groups is 1. The van der Waals surface area contributed by atoms with Gasteiger partial charge in [-0.05, 0) is 19.1 Å². The van der Waals surface area contributed by atoms with E-state index in [9.17, 15) is 19.7 Å². The van der Waals surface area contributed by atoms with Gasteiger partial charge in [0, 0.05) is 17.3 Å². The van der Waals surface area contributed by atoms with E-state index in [-0.39, 0.29) is 5.69 Å². The highest BCUT2D eigenvalue weighted by Gasteiger charge is 2.15. The molecule has 1 atom stereocenters. The van der Waals surface area contributed by atoms with Crippen LogP contribution in [-0.2, 0) is 4.79 Å². The number of rotatable bonds is 5. The first-order valence-corrected chi connectivity index (χ1v) is 5.52. The van der Waals surface area contributed by atoms with Gasteiger partial charge in [-0.15, -0.1) is 0 Å². The first kappa shape index (κ1) is 15.4. The monoisotopic (exact) mass is 283 g/mol. The van der Waals surface area contributed by atoms with Crippen LogP contribution < -0.4 is 10.6 Å². The van der Waals surface area contributed by atoms with Crippen LogP contribution in [0.4, 0.5) is 16.2 Å². The molecular weight excluding hydrogens is 270 g/mol. The SMILES string of the molecule is Cc1cc(NC(=O)NC[C@H](O)C(=O)O)ccc1[N+](=O)[O-]. The number of aliphatic hydroxyl groups excluding tert-OH is 1. The fourth-order valence-corrected chi connectivity index (χ4v) is 1.39. The number of carbonyl (C=O) groups is 2. The second-order valence-corrected chi connectivity index (χ2v) is 3.95. The van der Waals surface area contributed by atoms with Gasteiger partial charge in [0.25, 0.3) is 5.69 Å². The van der Waals surface area contributed by atoms with Gasteiger partial charge in [-0.2, -0.15) is 0 Å². The van der Waals surface area contributed by atoms with Crippen molar-refractivity contribution in [2.24, 2.45) is 0 Å². The Kier molecular flexibility index (Phi) is 4.98. The molecule has 1 rings (SSSR count). The van der Waals surface area contributed by atoms with Crippen molar-refractivity contribution in [2.45, 2.75) is 13.0 Å². The van der Waals surface area contributed by atoms with Crippen LogP contribution in [0, 0.1) is 17.0 Å². The number of carbonyl (C=O) groups excluding carboxylic acids is 1. The van der Waals surface area contributed by atoms with E-state index in [1.165, 1.54) is 25.1 Å². The van der Waals surface area contributed by atoms with Crippen molar-refractivity contribution in [3.05, 3.63) is 33.9 Å². The molecule has 108 valence electrons. The summed E-state index contributed by atoms with van der Waals surface area (Å²) in [4.78, 5) is 31.8. The number of aliphatic carboxylic acids is 1. The van der Waals surface area contributed by atoms with Crippen molar-refractivity contribution in [1.82, 2.24) is 5.32 Å². The van der Waals surface area contributed by atoms with E-state index in [2.05, 4.69) is 10.6 Å². The molecule has 9 heteroatoms. The second kappa shape index (κ2) is 6.48. The third kappa shape index (κ3) is 4.21. The number of carboxylic acids is 1. The van der Waals surface area contributed by atoms with Crippen LogP contribution in [0.1, 0.15) is 5.56 Å². The lowest BCUT2D eigenvalue weighted by atomic mass is 10.2. The number of amides is 2. The summed E-state index contributed by atoms with van der Waals surface area (Å²) in [5, 5.41) is 32.5. The van der Waals surface area contributed by atoms with Gasteiger partial charge in [-0.1, -0.05) is 0 Å². The van der Waals surface area contributed by atoms with E-state index in [0.717, 1.165) is 0 Å². The number of carboxylic acid groups (broad SMARTS) is 1. The van der Waals surface area contributed by atoms with Gasteiger partial charge in [-0.25, -0.2) is 9.59 Å². The Morgan fingerprint density at radius 2 is 2.10 bits per heavy atom. The highest BCUT2D eigenvalue weighted by molar-refractivity contribution is 5.89. The molecule has 0 unspecified atom stereocenters. The average molecular weight is 283 g/mol. The molecule has 1 aromatic rings. The molecule has 1 aromatic carbocycles. The van der Waals surface area contributed by atoms with Gasteiger partial charge in [-0.3, -0.25) is 10.1 Å². The van der Waals surface area contributed by atoms with Crippen molar-refractivity contribution >= 4 is 23.4 Å². The zero-order valence-corrected chi connectivity index (χ0v) is 10.5. The summed E-state index contributed by atoms with van der Waals surface area (Å²) in [6, 6.07) is 3.28. The van der Waals surface area contributed by atoms with Crippen molar-refractivity contribution in [3.8, 4) is 0 Å². The van der Waals surface area contributed by atoms with Crippen LogP contribution in [0.5, 0.6) is 0 Å². The maximum atomic E-state index is 11.4. The molecule has 4 N–H and O–H groups in total. The molecule has 0 fully saturated rings. The molecule has 0 radical (unpaired) electrons. The van der Waals surface area contributed by atoms with Crippen LogP contribution in [0.15, 0.2) is 18.2 Å². The van der Waals surface area contributed by atoms with Crippen LogP contribution in [0.2, 0.25) is 0 Å². The number of hydrogen-bond acceptors (Lipinski definition) is 5. The fraction of sp³-hybridized carbons (Fsp3) is 0.273. The summed E-state index contributed by atoms with van der Waals surface area (Å²) >= 11 is 0. The zero-order valence-electron chi connectivity index (χ0n) is 10.5. The lowest BCUT2D eigenvalue weighted by Gasteiger charge is -2.09. The summed E-state index contributed by atoms with van der Waals surface area (Å²) in [7, 11) is 0. The molecule has 0 aliphatic rings. The Morgan fingerprint density at radius 1 is 1.45 bits per heavy atom. The molecule has 9 nitrogen and oxygen atoms in total. The van der Waals surface area contributed by atoms with E-state index in [0.29, 0.717) is 11.3 Å². The molecule has 0 aromatic heterocycles. The number of aliphatic hydroxyl groups is 1. The predicted octanol–water partition coefficient (Wildman–Crippen LogP) is 0.470. The minimum absolute atomic E-state index is 0.0720. The van der Waals surface area contributed by atoms with Gasteiger partial charge < -0.3 is 20.8 Å². The van der Waals surface area contributed by atoms with E-state index < -0.39 is 29.6 Å². The van der Waals surface area contributed by atoms with E-state index in [1.807, 2.05) is 0 Å². The van der Waals surface area contributed by atoms with Crippen molar-refractivity contribution in [1.29, 1.82) is 0 Å². The Bertz CT molecular complexity index is 545. The Balaban J connectivity index is 2.61. The van der Waals surface area contributed by atoms with Crippen molar-refractivity contribution < 1.29 is 24.7 Å². The number of hydrogen-bond donors (Lipinski definition) is 4. The first-order chi connectivity index (χ1) is 9.31. The zero-order chi connectivity index (χ0) is 15.3. The minimum Gasteiger partial charge on any atom is -0.479 e. The number of benzene rings is 1.